The first-order valence-electron chi connectivity index (χ1n) is 13.7. The third-order valence-corrected chi connectivity index (χ3v) is 8.16. The number of halogens is 2. The maximum atomic E-state index is 15.1. The minimum Gasteiger partial charge on any atom is -0.481 e. The minimum atomic E-state index is -1.10. The molecule has 5 heterocycles. The van der Waals surface area contributed by atoms with E-state index in [1.165, 1.54) is 6.07 Å². The highest BCUT2D eigenvalue weighted by atomic mass is 19.2. The number of aromatic nitrogens is 3. The van der Waals surface area contributed by atoms with Gasteiger partial charge in [0.1, 0.15) is 11.9 Å². The Labute approximate surface area is 236 Å². The van der Waals surface area contributed by atoms with Gasteiger partial charge in [0.05, 0.1) is 35.9 Å². The van der Waals surface area contributed by atoms with Gasteiger partial charge in [-0.05, 0) is 49.6 Å². The Morgan fingerprint density at radius 1 is 1.20 bits per heavy atom. The molecule has 1 saturated heterocycles. The van der Waals surface area contributed by atoms with Gasteiger partial charge in [-0.3, -0.25) is 9.69 Å². The van der Waals surface area contributed by atoms with Crippen LogP contribution in [0.15, 0.2) is 59.8 Å². The van der Waals surface area contributed by atoms with Gasteiger partial charge in [-0.1, -0.05) is 0 Å². The van der Waals surface area contributed by atoms with Crippen molar-refractivity contribution in [3.63, 3.8) is 0 Å². The van der Waals surface area contributed by atoms with Gasteiger partial charge in [0, 0.05) is 56.7 Å². The Bertz CT molecular complexity index is 1630. The highest BCUT2D eigenvalue weighted by molar-refractivity contribution is 5.86. The van der Waals surface area contributed by atoms with Crippen LogP contribution in [-0.2, 0) is 6.54 Å². The maximum Gasteiger partial charge on any atom is 0.213 e. The van der Waals surface area contributed by atoms with E-state index in [0.29, 0.717) is 24.8 Å². The van der Waals surface area contributed by atoms with Gasteiger partial charge in [0.2, 0.25) is 11.7 Å². The number of nitrogens with two attached hydrogens (primary N) is 1. The Hall–Kier alpha value is -4.25. The predicted octanol–water partition coefficient (Wildman–Crippen LogP) is 4.15. The molecular weight excluding hydrogens is 530 g/mol. The zero-order valence-corrected chi connectivity index (χ0v) is 23.0. The van der Waals surface area contributed by atoms with Crippen LogP contribution < -0.4 is 25.5 Å². The highest BCUT2D eigenvalue weighted by Crippen LogP contribution is 2.38. The summed E-state index contributed by atoms with van der Waals surface area (Å²) >= 11 is 0. The third kappa shape index (κ3) is 5.17. The normalized spacial score (nSPS) is 20.3. The van der Waals surface area contributed by atoms with Crippen molar-refractivity contribution >= 4 is 22.4 Å². The van der Waals surface area contributed by atoms with Crippen molar-refractivity contribution < 1.29 is 18.3 Å². The molecule has 11 heteroatoms. The number of piperidine rings is 1. The van der Waals surface area contributed by atoms with E-state index in [-0.39, 0.29) is 34.2 Å². The van der Waals surface area contributed by atoms with Crippen LogP contribution in [0.4, 0.5) is 20.3 Å². The lowest BCUT2D eigenvalue weighted by molar-refractivity contribution is 0.0546. The highest BCUT2D eigenvalue weighted by Gasteiger charge is 2.36. The topological polar surface area (TPSA) is 98.7 Å². The van der Waals surface area contributed by atoms with E-state index >= 15 is 4.39 Å². The molecular formula is C30H32F2N6O3. The molecule has 0 radical (unpaired) electrons. The van der Waals surface area contributed by atoms with Gasteiger partial charge in [-0.15, -0.1) is 0 Å². The van der Waals surface area contributed by atoms with E-state index in [0.717, 1.165) is 43.2 Å². The molecule has 2 aliphatic rings. The van der Waals surface area contributed by atoms with Crippen molar-refractivity contribution in [1.82, 2.24) is 19.4 Å². The van der Waals surface area contributed by atoms with Crippen molar-refractivity contribution in [1.29, 1.82) is 0 Å². The van der Waals surface area contributed by atoms with E-state index in [1.807, 2.05) is 29.7 Å². The van der Waals surface area contributed by atoms with Crippen molar-refractivity contribution in [2.75, 3.05) is 37.4 Å². The zero-order chi connectivity index (χ0) is 28.7. The number of ether oxygens (including phenoxy) is 2. The lowest BCUT2D eigenvalue weighted by atomic mass is 10.00. The van der Waals surface area contributed by atoms with Gasteiger partial charge in [-0.25, -0.2) is 14.4 Å². The summed E-state index contributed by atoms with van der Waals surface area (Å²) in [4.78, 5) is 25.6. The lowest BCUT2D eigenvalue weighted by Gasteiger charge is -2.43. The Morgan fingerprint density at radius 2 is 2.05 bits per heavy atom. The second-order valence-corrected chi connectivity index (χ2v) is 10.7. The van der Waals surface area contributed by atoms with Crippen LogP contribution >= 0.6 is 0 Å². The van der Waals surface area contributed by atoms with E-state index in [9.17, 15) is 9.18 Å². The van der Waals surface area contributed by atoms with E-state index < -0.39 is 17.7 Å². The van der Waals surface area contributed by atoms with Crippen molar-refractivity contribution in [2.45, 2.75) is 44.5 Å². The number of benzene rings is 1. The van der Waals surface area contributed by atoms with Gasteiger partial charge < -0.3 is 24.7 Å². The standard InChI is InChI=1S/C30H32F2N6O3/c1-18-25(41-30-28(32)23(31)13-22-24(39)8-11-38(18)29(22)30)17-37(15-19-7-9-34-27(12-19)40-2)21-4-3-10-36(16-21)20-5-6-26(33)35-14-20/h5-9,11-14,18,21,25H,3-4,10,15-17H2,1-2H3,(H2,33,35)/t18?,21-,25?/m0/s1. The third-order valence-electron chi connectivity index (χ3n) is 8.16. The molecule has 0 bridgehead atoms. The lowest BCUT2D eigenvalue weighted by Crippen LogP contribution is -2.52. The summed E-state index contributed by atoms with van der Waals surface area (Å²) in [7, 11) is 1.58. The number of nitrogens with zero attached hydrogens (tertiary/aromatic N) is 5. The average Bonchev–Trinajstić information content (AvgIpc) is 2.99. The first-order valence-corrected chi connectivity index (χ1v) is 13.7. The molecule has 0 saturated carbocycles. The molecule has 2 N–H and O–H groups in total. The summed E-state index contributed by atoms with van der Waals surface area (Å²) in [6, 6.07) is 9.85. The average molecular weight is 563 g/mol. The smallest absolute Gasteiger partial charge is 0.213 e. The molecule has 4 aromatic rings. The fraction of sp³-hybridized carbons (Fsp3) is 0.367. The number of pyridine rings is 3. The van der Waals surface area contributed by atoms with Crippen LogP contribution in [0.1, 0.15) is 31.4 Å². The van der Waals surface area contributed by atoms with Crippen LogP contribution in [0.2, 0.25) is 0 Å². The first-order chi connectivity index (χ1) is 19.8. The fourth-order valence-corrected chi connectivity index (χ4v) is 5.96. The molecule has 6 rings (SSSR count). The molecule has 214 valence electrons. The van der Waals surface area contributed by atoms with Crippen LogP contribution in [0.25, 0.3) is 10.9 Å². The molecule has 0 spiro atoms. The van der Waals surface area contributed by atoms with Crippen LogP contribution in [-0.4, -0.2) is 58.3 Å². The van der Waals surface area contributed by atoms with Gasteiger partial charge in [-0.2, -0.15) is 4.39 Å². The molecule has 1 fully saturated rings. The summed E-state index contributed by atoms with van der Waals surface area (Å²) < 4.78 is 43.0. The van der Waals surface area contributed by atoms with E-state index in [2.05, 4.69) is 19.8 Å². The van der Waals surface area contributed by atoms with Gasteiger partial charge in [0.25, 0.3) is 0 Å². The van der Waals surface area contributed by atoms with E-state index in [1.54, 1.807) is 31.8 Å². The Morgan fingerprint density at radius 3 is 2.83 bits per heavy atom. The maximum absolute atomic E-state index is 15.1. The second kappa shape index (κ2) is 11.0. The molecule has 2 aliphatic heterocycles. The molecule has 41 heavy (non-hydrogen) atoms. The quantitative estimate of drug-likeness (QED) is 0.359. The molecule has 2 unspecified atom stereocenters. The summed E-state index contributed by atoms with van der Waals surface area (Å²) in [5, 5.41) is 0.104. The van der Waals surface area contributed by atoms with Crippen molar-refractivity contribution in [3.8, 4) is 11.6 Å². The summed E-state index contributed by atoms with van der Waals surface area (Å²) in [5.74, 6) is -1.41. The summed E-state index contributed by atoms with van der Waals surface area (Å²) in [6.45, 7) is 4.62. The van der Waals surface area contributed by atoms with Crippen LogP contribution in [0, 0.1) is 11.6 Å². The number of methoxy groups -OCH3 is 1. The first kappa shape index (κ1) is 26.9. The Balaban J connectivity index is 1.33. The molecule has 3 atom stereocenters. The number of hydrogen-bond acceptors (Lipinski definition) is 8. The number of anilines is 2. The van der Waals surface area contributed by atoms with Crippen LogP contribution in [0.5, 0.6) is 11.6 Å². The van der Waals surface area contributed by atoms with E-state index in [4.69, 9.17) is 15.2 Å². The number of nitrogen functional groups attached to an aromatic ring is 1. The predicted molar refractivity (Wildman–Crippen MR) is 152 cm³/mol. The van der Waals surface area contributed by atoms with Crippen molar-refractivity contribution in [2.24, 2.45) is 0 Å². The number of hydrogen-bond donors (Lipinski definition) is 1. The van der Waals surface area contributed by atoms with Gasteiger partial charge in [0.15, 0.2) is 17.0 Å². The van der Waals surface area contributed by atoms with Crippen LogP contribution in [0.3, 0.4) is 0 Å². The molecule has 0 amide bonds. The largest absolute Gasteiger partial charge is 0.481 e. The summed E-state index contributed by atoms with van der Waals surface area (Å²) in [6.07, 6.45) is 6.55. The molecule has 1 aromatic carbocycles. The number of rotatable bonds is 7. The summed E-state index contributed by atoms with van der Waals surface area (Å²) in [5.41, 5.74) is 7.73. The fourth-order valence-electron chi connectivity index (χ4n) is 5.96. The zero-order valence-electron chi connectivity index (χ0n) is 23.0. The SMILES string of the molecule is COc1cc(CN(CC2Oc3c(F)c(F)cc4c(=O)ccn(c34)C2C)[C@H]2CCCN(c3ccc(N)nc3)C2)ccn1. The molecule has 3 aromatic heterocycles. The minimum absolute atomic E-state index is 0.104. The second-order valence-electron chi connectivity index (χ2n) is 10.7. The van der Waals surface area contributed by atoms with Crippen molar-refractivity contribution in [3.05, 3.63) is 82.4 Å². The molecule has 9 nitrogen and oxygen atoms in total. The molecule has 0 aliphatic carbocycles. The monoisotopic (exact) mass is 562 g/mol. The Kier molecular flexibility index (Phi) is 7.21. The van der Waals surface area contributed by atoms with Gasteiger partial charge >= 0.3 is 0 Å².